The molecule has 0 bridgehead atoms. The highest BCUT2D eigenvalue weighted by molar-refractivity contribution is 7.13. The molecule has 1 aromatic carbocycles. The van der Waals surface area contributed by atoms with Gasteiger partial charge in [0.1, 0.15) is 0 Å². The fourth-order valence-electron chi connectivity index (χ4n) is 1.99. The summed E-state index contributed by atoms with van der Waals surface area (Å²) >= 11 is 1.71. The second-order valence-electron chi connectivity index (χ2n) is 4.68. The Hall–Kier alpha value is -1.39. The van der Waals surface area contributed by atoms with Gasteiger partial charge < -0.3 is 10.2 Å². The van der Waals surface area contributed by atoms with E-state index in [0.29, 0.717) is 6.04 Å². The average molecular weight is 275 g/mol. The van der Waals surface area contributed by atoms with Crippen molar-refractivity contribution < 1.29 is 0 Å². The molecule has 0 fully saturated rings. The molecule has 102 valence electrons. The Balaban J connectivity index is 2.02. The van der Waals surface area contributed by atoms with E-state index in [9.17, 15) is 0 Å². The van der Waals surface area contributed by atoms with Gasteiger partial charge in [-0.05, 0) is 19.0 Å². The van der Waals surface area contributed by atoms with Gasteiger partial charge in [-0.15, -0.1) is 11.3 Å². The smallest absolute Gasteiger partial charge is 0.185 e. The molecule has 2 rings (SSSR count). The third kappa shape index (κ3) is 3.78. The van der Waals surface area contributed by atoms with E-state index in [4.69, 9.17) is 4.98 Å². The van der Waals surface area contributed by atoms with Crippen molar-refractivity contribution in [2.24, 2.45) is 0 Å². The van der Waals surface area contributed by atoms with Crippen LogP contribution in [0.25, 0.3) is 0 Å². The molecule has 1 N–H and O–H groups in total. The number of aromatic nitrogens is 1. The molecular weight excluding hydrogens is 254 g/mol. The van der Waals surface area contributed by atoms with Gasteiger partial charge in [0.15, 0.2) is 5.13 Å². The summed E-state index contributed by atoms with van der Waals surface area (Å²) < 4.78 is 0. The quantitative estimate of drug-likeness (QED) is 0.875. The lowest BCUT2D eigenvalue weighted by atomic mass is 10.2. The predicted octanol–water partition coefficient (Wildman–Crippen LogP) is 3.45. The molecule has 19 heavy (non-hydrogen) atoms. The molecule has 0 aliphatic heterocycles. The molecule has 2 aromatic rings. The van der Waals surface area contributed by atoms with Crippen molar-refractivity contribution in [3.8, 4) is 0 Å². The molecule has 4 heteroatoms. The lowest BCUT2D eigenvalue weighted by molar-refractivity contribution is 0.586. The first-order valence-corrected chi connectivity index (χ1v) is 7.52. The molecule has 0 spiro atoms. The first kappa shape index (κ1) is 14.0. The van der Waals surface area contributed by atoms with E-state index >= 15 is 0 Å². The maximum atomic E-state index is 4.71. The number of anilines is 1. The molecule has 1 atom stereocenters. The van der Waals surface area contributed by atoms with E-state index in [-0.39, 0.29) is 0 Å². The Bertz CT molecular complexity index is 495. The van der Waals surface area contributed by atoms with Crippen LogP contribution in [0.1, 0.15) is 31.1 Å². The van der Waals surface area contributed by atoms with E-state index in [2.05, 4.69) is 60.8 Å². The molecule has 1 aromatic heterocycles. The number of hydrogen-bond acceptors (Lipinski definition) is 4. The number of nitrogens with zero attached hydrogens (tertiary/aromatic N) is 2. The summed E-state index contributed by atoms with van der Waals surface area (Å²) in [5, 5.41) is 6.61. The van der Waals surface area contributed by atoms with E-state index in [1.807, 2.05) is 6.07 Å². The molecule has 0 radical (unpaired) electrons. The monoisotopic (exact) mass is 275 g/mol. The van der Waals surface area contributed by atoms with Gasteiger partial charge in [0.25, 0.3) is 0 Å². The van der Waals surface area contributed by atoms with Gasteiger partial charge in [-0.3, -0.25) is 0 Å². The fourth-order valence-corrected chi connectivity index (χ4v) is 2.87. The summed E-state index contributed by atoms with van der Waals surface area (Å²) in [7, 11) is 2.09. The normalized spacial score (nSPS) is 12.4. The Morgan fingerprint density at radius 3 is 2.74 bits per heavy atom. The SMILES string of the molecule is CCNC(C)c1csc(N(C)Cc2ccccc2)n1. The van der Waals surface area contributed by atoms with Crippen molar-refractivity contribution in [1.29, 1.82) is 0 Å². The van der Waals surface area contributed by atoms with Crippen LogP contribution in [0.5, 0.6) is 0 Å². The van der Waals surface area contributed by atoms with Crippen LogP contribution < -0.4 is 10.2 Å². The second kappa shape index (κ2) is 6.68. The second-order valence-corrected chi connectivity index (χ2v) is 5.51. The van der Waals surface area contributed by atoms with Gasteiger partial charge in [0.05, 0.1) is 5.69 Å². The predicted molar refractivity (Wildman–Crippen MR) is 82.8 cm³/mol. The standard InChI is InChI=1S/C15H21N3S/c1-4-16-12(2)14-11-19-15(17-14)18(3)10-13-8-6-5-7-9-13/h5-9,11-12,16H,4,10H2,1-3H3. The third-order valence-electron chi connectivity index (χ3n) is 3.05. The topological polar surface area (TPSA) is 28.2 Å². The van der Waals surface area contributed by atoms with Gasteiger partial charge in [0, 0.05) is 25.0 Å². The molecule has 0 aliphatic rings. The van der Waals surface area contributed by atoms with Crippen molar-refractivity contribution in [1.82, 2.24) is 10.3 Å². The molecule has 0 aliphatic carbocycles. The fraction of sp³-hybridized carbons (Fsp3) is 0.400. The minimum absolute atomic E-state index is 0.320. The number of thiazole rings is 1. The summed E-state index contributed by atoms with van der Waals surface area (Å²) in [6.07, 6.45) is 0. The van der Waals surface area contributed by atoms with Crippen LogP contribution in [0.4, 0.5) is 5.13 Å². The van der Waals surface area contributed by atoms with E-state index in [1.54, 1.807) is 11.3 Å². The van der Waals surface area contributed by atoms with Crippen molar-refractivity contribution in [2.75, 3.05) is 18.5 Å². The first-order chi connectivity index (χ1) is 9.20. The van der Waals surface area contributed by atoms with Crippen molar-refractivity contribution in [2.45, 2.75) is 26.4 Å². The van der Waals surface area contributed by atoms with Gasteiger partial charge in [-0.1, -0.05) is 37.3 Å². The van der Waals surface area contributed by atoms with Crippen LogP contribution in [-0.2, 0) is 6.54 Å². The highest BCUT2D eigenvalue weighted by atomic mass is 32.1. The summed E-state index contributed by atoms with van der Waals surface area (Å²) in [4.78, 5) is 6.90. The number of hydrogen-bond donors (Lipinski definition) is 1. The molecule has 1 unspecified atom stereocenters. The molecule has 0 saturated heterocycles. The van der Waals surface area contributed by atoms with E-state index in [0.717, 1.165) is 23.9 Å². The van der Waals surface area contributed by atoms with Gasteiger partial charge >= 0.3 is 0 Å². The Morgan fingerprint density at radius 2 is 2.05 bits per heavy atom. The van der Waals surface area contributed by atoms with Gasteiger partial charge in [-0.2, -0.15) is 0 Å². The molecular formula is C15H21N3S. The van der Waals surface area contributed by atoms with E-state index < -0.39 is 0 Å². The van der Waals surface area contributed by atoms with Crippen molar-refractivity contribution in [3.63, 3.8) is 0 Å². The van der Waals surface area contributed by atoms with Gasteiger partial charge in [0.2, 0.25) is 0 Å². The maximum Gasteiger partial charge on any atom is 0.185 e. The lowest BCUT2D eigenvalue weighted by Crippen LogP contribution is -2.19. The molecule has 0 amide bonds. The molecule has 1 heterocycles. The largest absolute Gasteiger partial charge is 0.347 e. The van der Waals surface area contributed by atoms with Crippen molar-refractivity contribution in [3.05, 3.63) is 47.0 Å². The minimum Gasteiger partial charge on any atom is -0.347 e. The van der Waals surface area contributed by atoms with Gasteiger partial charge in [-0.25, -0.2) is 4.98 Å². The Labute approximate surface area is 119 Å². The highest BCUT2D eigenvalue weighted by Gasteiger charge is 2.11. The van der Waals surface area contributed by atoms with Crippen LogP contribution in [0, 0.1) is 0 Å². The van der Waals surface area contributed by atoms with Crippen LogP contribution in [0.3, 0.4) is 0 Å². The number of rotatable bonds is 6. The maximum absolute atomic E-state index is 4.71. The summed E-state index contributed by atoms with van der Waals surface area (Å²) in [5.41, 5.74) is 2.43. The Kier molecular flexibility index (Phi) is 4.93. The summed E-state index contributed by atoms with van der Waals surface area (Å²) in [5.74, 6) is 0. The molecule has 0 saturated carbocycles. The minimum atomic E-state index is 0.320. The number of nitrogens with one attached hydrogen (secondary N) is 1. The zero-order valence-corrected chi connectivity index (χ0v) is 12.6. The van der Waals surface area contributed by atoms with E-state index in [1.165, 1.54) is 5.56 Å². The van der Waals surface area contributed by atoms with Crippen LogP contribution in [0.2, 0.25) is 0 Å². The summed E-state index contributed by atoms with van der Waals surface area (Å²) in [6, 6.07) is 10.8. The summed E-state index contributed by atoms with van der Waals surface area (Å²) in [6.45, 7) is 6.13. The number of benzene rings is 1. The zero-order valence-electron chi connectivity index (χ0n) is 11.8. The average Bonchev–Trinajstić information content (AvgIpc) is 2.90. The highest BCUT2D eigenvalue weighted by Crippen LogP contribution is 2.24. The first-order valence-electron chi connectivity index (χ1n) is 6.64. The van der Waals surface area contributed by atoms with Crippen LogP contribution in [-0.4, -0.2) is 18.6 Å². The van der Waals surface area contributed by atoms with Crippen LogP contribution >= 0.6 is 11.3 Å². The van der Waals surface area contributed by atoms with Crippen LogP contribution in [0.15, 0.2) is 35.7 Å². The third-order valence-corrected chi connectivity index (χ3v) is 4.03. The lowest BCUT2D eigenvalue weighted by Gasteiger charge is -2.16. The molecule has 3 nitrogen and oxygen atoms in total. The Morgan fingerprint density at radius 1 is 1.32 bits per heavy atom. The zero-order chi connectivity index (χ0) is 13.7. The van der Waals surface area contributed by atoms with Crippen molar-refractivity contribution >= 4 is 16.5 Å².